The van der Waals surface area contributed by atoms with Crippen LogP contribution in [0.25, 0.3) is 0 Å². The molecular formula is C16H26N6O2. The minimum Gasteiger partial charge on any atom is -0.354 e. The lowest BCUT2D eigenvalue weighted by Crippen LogP contribution is -2.52. The average molecular weight is 334 g/mol. The Labute approximate surface area is 142 Å². The van der Waals surface area contributed by atoms with Crippen LogP contribution in [0.15, 0.2) is 18.5 Å². The molecule has 8 nitrogen and oxygen atoms in total. The van der Waals surface area contributed by atoms with Gasteiger partial charge in [0.15, 0.2) is 0 Å². The molecule has 0 spiro atoms. The van der Waals surface area contributed by atoms with Crippen LogP contribution in [0.4, 0.5) is 10.7 Å². The molecule has 24 heavy (non-hydrogen) atoms. The first-order valence-corrected chi connectivity index (χ1v) is 8.44. The first kappa shape index (κ1) is 18.0. The summed E-state index contributed by atoms with van der Waals surface area (Å²) >= 11 is 0. The van der Waals surface area contributed by atoms with Crippen molar-refractivity contribution in [1.29, 1.82) is 0 Å². The molecule has 1 aliphatic heterocycles. The fraction of sp³-hybridized carbons (Fsp3) is 0.625. The van der Waals surface area contributed by atoms with Crippen LogP contribution in [0.5, 0.6) is 0 Å². The number of hydrogen-bond acceptors (Lipinski definition) is 5. The zero-order valence-corrected chi connectivity index (χ0v) is 14.4. The third-order valence-electron chi connectivity index (χ3n) is 4.05. The monoisotopic (exact) mass is 334 g/mol. The number of piperazine rings is 1. The molecule has 3 amide bonds. The number of nitrogens with one attached hydrogen (secondary N) is 2. The van der Waals surface area contributed by atoms with E-state index in [1.54, 1.807) is 23.4 Å². The van der Waals surface area contributed by atoms with E-state index in [2.05, 4.69) is 25.5 Å². The molecule has 1 aromatic rings. The van der Waals surface area contributed by atoms with Gasteiger partial charge in [0, 0.05) is 57.6 Å². The minimum absolute atomic E-state index is 0.0318. The van der Waals surface area contributed by atoms with Crippen molar-refractivity contribution in [2.24, 2.45) is 0 Å². The lowest BCUT2D eigenvalue weighted by molar-refractivity contribution is -0.121. The van der Waals surface area contributed by atoms with Crippen molar-refractivity contribution in [3.63, 3.8) is 0 Å². The minimum atomic E-state index is -0.125. The second-order valence-electron chi connectivity index (χ2n) is 5.88. The molecule has 0 radical (unpaired) electrons. The number of anilines is 1. The van der Waals surface area contributed by atoms with Crippen molar-refractivity contribution in [2.75, 3.05) is 37.6 Å². The Morgan fingerprint density at radius 1 is 1.21 bits per heavy atom. The molecule has 1 atom stereocenters. The van der Waals surface area contributed by atoms with Gasteiger partial charge in [-0.25, -0.2) is 14.8 Å². The smallest absolute Gasteiger partial charge is 0.317 e. The zero-order chi connectivity index (χ0) is 17.4. The van der Waals surface area contributed by atoms with E-state index in [0.29, 0.717) is 45.1 Å². The third-order valence-corrected chi connectivity index (χ3v) is 4.05. The summed E-state index contributed by atoms with van der Waals surface area (Å²) in [6.45, 7) is 6.96. The standard InChI is InChI=1S/C16H26N6O2/c1-3-13(2)20-14(23)5-8-19-16(24)22-11-9-21(10-12-22)15-17-6-4-7-18-15/h4,6-7,13H,3,5,8-12H2,1-2H3,(H,19,24)(H,20,23). The van der Waals surface area contributed by atoms with E-state index in [1.165, 1.54) is 0 Å². The highest BCUT2D eigenvalue weighted by Gasteiger charge is 2.22. The normalized spacial score (nSPS) is 15.8. The number of carbonyl (C=O) groups excluding carboxylic acids is 2. The molecule has 0 bridgehead atoms. The van der Waals surface area contributed by atoms with Gasteiger partial charge in [-0.1, -0.05) is 6.92 Å². The number of nitrogens with zero attached hydrogens (tertiary/aromatic N) is 4. The summed E-state index contributed by atoms with van der Waals surface area (Å²) in [6, 6.07) is 1.83. The summed E-state index contributed by atoms with van der Waals surface area (Å²) in [7, 11) is 0. The topological polar surface area (TPSA) is 90.5 Å². The van der Waals surface area contributed by atoms with Gasteiger partial charge in [-0.2, -0.15) is 0 Å². The molecule has 8 heteroatoms. The SMILES string of the molecule is CCC(C)NC(=O)CCNC(=O)N1CCN(c2ncccn2)CC1. The zero-order valence-electron chi connectivity index (χ0n) is 14.4. The number of aromatic nitrogens is 2. The molecule has 0 saturated carbocycles. The van der Waals surface area contributed by atoms with E-state index in [1.807, 2.05) is 13.8 Å². The van der Waals surface area contributed by atoms with Crippen molar-refractivity contribution in [1.82, 2.24) is 25.5 Å². The Balaban J connectivity index is 1.67. The van der Waals surface area contributed by atoms with Crippen LogP contribution >= 0.6 is 0 Å². The van der Waals surface area contributed by atoms with Gasteiger partial charge in [-0.05, 0) is 19.4 Å². The van der Waals surface area contributed by atoms with Gasteiger partial charge in [0.2, 0.25) is 11.9 Å². The van der Waals surface area contributed by atoms with Crippen LogP contribution in [0.3, 0.4) is 0 Å². The molecule has 2 heterocycles. The lowest BCUT2D eigenvalue weighted by atomic mass is 10.2. The second kappa shape index (κ2) is 9.05. The summed E-state index contributed by atoms with van der Waals surface area (Å²) in [6.07, 6.45) is 4.62. The van der Waals surface area contributed by atoms with Crippen LogP contribution < -0.4 is 15.5 Å². The molecule has 2 rings (SSSR count). The van der Waals surface area contributed by atoms with Gasteiger partial charge in [-0.15, -0.1) is 0 Å². The Bertz CT molecular complexity index is 531. The number of amides is 3. The van der Waals surface area contributed by atoms with E-state index < -0.39 is 0 Å². The molecule has 2 N–H and O–H groups in total. The molecule has 1 saturated heterocycles. The molecule has 1 unspecified atom stereocenters. The maximum absolute atomic E-state index is 12.1. The Morgan fingerprint density at radius 3 is 2.50 bits per heavy atom. The van der Waals surface area contributed by atoms with Gasteiger partial charge in [0.25, 0.3) is 0 Å². The Morgan fingerprint density at radius 2 is 1.88 bits per heavy atom. The largest absolute Gasteiger partial charge is 0.354 e. The van der Waals surface area contributed by atoms with E-state index in [-0.39, 0.29) is 18.0 Å². The van der Waals surface area contributed by atoms with Crippen molar-refractivity contribution in [3.05, 3.63) is 18.5 Å². The highest BCUT2D eigenvalue weighted by molar-refractivity contribution is 5.78. The van der Waals surface area contributed by atoms with Gasteiger partial charge < -0.3 is 20.4 Å². The van der Waals surface area contributed by atoms with Crippen LogP contribution in [0, 0.1) is 0 Å². The van der Waals surface area contributed by atoms with Crippen LogP contribution in [0.1, 0.15) is 26.7 Å². The van der Waals surface area contributed by atoms with E-state index in [9.17, 15) is 9.59 Å². The molecular weight excluding hydrogens is 308 g/mol. The fourth-order valence-electron chi connectivity index (χ4n) is 2.41. The number of rotatable bonds is 6. The number of carbonyl (C=O) groups is 2. The van der Waals surface area contributed by atoms with Crippen molar-refractivity contribution >= 4 is 17.9 Å². The molecule has 1 fully saturated rings. The highest BCUT2D eigenvalue weighted by atomic mass is 16.2. The summed E-state index contributed by atoms with van der Waals surface area (Å²) in [5.41, 5.74) is 0. The molecule has 0 aromatic carbocycles. The predicted molar refractivity (Wildman–Crippen MR) is 91.7 cm³/mol. The molecule has 1 aliphatic rings. The maximum Gasteiger partial charge on any atom is 0.317 e. The quantitative estimate of drug-likeness (QED) is 0.796. The average Bonchev–Trinajstić information content (AvgIpc) is 2.62. The lowest BCUT2D eigenvalue weighted by Gasteiger charge is -2.34. The van der Waals surface area contributed by atoms with Crippen LogP contribution in [-0.4, -0.2) is 65.6 Å². The van der Waals surface area contributed by atoms with Crippen molar-refractivity contribution in [2.45, 2.75) is 32.7 Å². The maximum atomic E-state index is 12.1. The predicted octanol–water partition coefficient (Wildman–Crippen LogP) is 0.613. The first-order chi connectivity index (χ1) is 11.6. The van der Waals surface area contributed by atoms with Crippen molar-refractivity contribution in [3.8, 4) is 0 Å². The van der Waals surface area contributed by atoms with Gasteiger partial charge >= 0.3 is 6.03 Å². The third kappa shape index (κ3) is 5.36. The number of urea groups is 1. The Kier molecular flexibility index (Phi) is 6.77. The van der Waals surface area contributed by atoms with Crippen LogP contribution in [0.2, 0.25) is 0 Å². The van der Waals surface area contributed by atoms with Gasteiger partial charge in [-0.3, -0.25) is 4.79 Å². The second-order valence-corrected chi connectivity index (χ2v) is 5.88. The van der Waals surface area contributed by atoms with Crippen molar-refractivity contribution < 1.29 is 9.59 Å². The summed E-state index contributed by atoms with van der Waals surface area (Å²) < 4.78 is 0. The van der Waals surface area contributed by atoms with E-state index in [4.69, 9.17) is 0 Å². The number of hydrogen-bond donors (Lipinski definition) is 2. The van der Waals surface area contributed by atoms with Crippen LogP contribution in [-0.2, 0) is 4.79 Å². The summed E-state index contributed by atoms with van der Waals surface area (Å²) in [5.74, 6) is 0.662. The fourth-order valence-corrected chi connectivity index (χ4v) is 2.41. The van der Waals surface area contributed by atoms with Gasteiger partial charge in [0.1, 0.15) is 0 Å². The van der Waals surface area contributed by atoms with E-state index in [0.717, 1.165) is 6.42 Å². The summed E-state index contributed by atoms with van der Waals surface area (Å²) in [4.78, 5) is 36.1. The molecule has 0 aliphatic carbocycles. The van der Waals surface area contributed by atoms with E-state index >= 15 is 0 Å². The molecule has 1 aromatic heterocycles. The van der Waals surface area contributed by atoms with Gasteiger partial charge in [0.05, 0.1) is 0 Å². The summed E-state index contributed by atoms with van der Waals surface area (Å²) in [5, 5.41) is 5.69. The molecule has 132 valence electrons. The Hall–Kier alpha value is -2.38. The first-order valence-electron chi connectivity index (χ1n) is 8.44. The highest BCUT2D eigenvalue weighted by Crippen LogP contribution is 2.09.